The lowest BCUT2D eigenvalue weighted by molar-refractivity contribution is 0.0937. The van der Waals surface area contributed by atoms with Gasteiger partial charge in [0.15, 0.2) is 0 Å². The summed E-state index contributed by atoms with van der Waals surface area (Å²) >= 11 is 6.05. The third-order valence-electron chi connectivity index (χ3n) is 5.67. The third kappa shape index (κ3) is 4.71. The number of benzene rings is 3. The number of imidazole rings is 1. The van der Waals surface area contributed by atoms with Crippen LogP contribution in [-0.4, -0.2) is 15.5 Å². The number of fused-ring (bicyclic) bond motifs is 1. The number of aromatic nitrogens is 2. The molecule has 1 aromatic heterocycles. The maximum absolute atomic E-state index is 12.8. The Morgan fingerprint density at radius 3 is 2.44 bits per heavy atom. The van der Waals surface area contributed by atoms with E-state index in [2.05, 4.69) is 61.0 Å². The number of hydrogen-bond donors (Lipinski definition) is 1. The first kappa shape index (κ1) is 22.1. The van der Waals surface area contributed by atoms with Gasteiger partial charge in [-0.25, -0.2) is 4.98 Å². The Kier molecular flexibility index (Phi) is 6.07. The minimum absolute atomic E-state index is 0.116. The van der Waals surface area contributed by atoms with Crippen LogP contribution in [0.4, 0.5) is 0 Å². The summed E-state index contributed by atoms with van der Waals surface area (Å²) in [6, 6.07) is 23.5. The molecule has 1 unspecified atom stereocenters. The topological polar surface area (TPSA) is 46.9 Å². The van der Waals surface area contributed by atoms with Crippen molar-refractivity contribution in [2.75, 3.05) is 0 Å². The second-order valence-electron chi connectivity index (χ2n) is 9.20. The zero-order valence-corrected chi connectivity index (χ0v) is 19.6. The molecule has 4 rings (SSSR count). The van der Waals surface area contributed by atoms with Gasteiger partial charge in [0, 0.05) is 17.1 Å². The number of hydrogen-bond acceptors (Lipinski definition) is 2. The molecule has 1 heterocycles. The van der Waals surface area contributed by atoms with E-state index in [1.54, 1.807) is 24.3 Å². The van der Waals surface area contributed by atoms with Gasteiger partial charge in [-0.15, -0.1) is 0 Å². The fraction of sp³-hybridized carbons (Fsp3) is 0.259. The highest BCUT2D eigenvalue weighted by molar-refractivity contribution is 6.30. The van der Waals surface area contributed by atoms with Gasteiger partial charge >= 0.3 is 0 Å². The van der Waals surface area contributed by atoms with Crippen LogP contribution in [0.5, 0.6) is 0 Å². The minimum Gasteiger partial charge on any atom is -0.342 e. The van der Waals surface area contributed by atoms with Crippen LogP contribution in [0.2, 0.25) is 5.02 Å². The number of para-hydroxylation sites is 2. The largest absolute Gasteiger partial charge is 0.342 e. The SMILES string of the molecule is CC(NC(=O)c1cccc(Cl)c1)c1nc2ccccc2n1Cc1ccc(C(C)(C)C)cc1. The highest BCUT2D eigenvalue weighted by atomic mass is 35.5. The summed E-state index contributed by atoms with van der Waals surface area (Å²) < 4.78 is 2.18. The fourth-order valence-electron chi connectivity index (χ4n) is 3.86. The van der Waals surface area contributed by atoms with Gasteiger partial charge < -0.3 is 9.88 Å². The van der Waals surface area contributed by atoms with Gasteiger partial charge in [0.2, 0.25) is 0 Å². The van der Waals surface area contributed by atoms with Crippen LogP contribution < -0.4 is 5.32 Å². The summed E-state index contributed by atoms with van der Waals surface area (Å²) in [7, 11) is 0. The molecule has 3 aromatic carbocycles. The van der Waals surface area contributed by atoms with Crippen molar-refractivity contribution in [3.05, 3.63) is 100 Å². The quantitative estimate of drug-likeness (QED) is 0.379. The molecule has 5 heteroatoms. The lowest BCUT2D eigenvalue weighted by Gasteiger charge is -2.20. The van der Waals surface area contributed by atoms with Crippen molar-refractivity contribution in [2.24, 2.45) is 0 Å². The van der Waals surface area contributed by atoms with Gasteiger partial charge in [0.25, 0.3) is 5.91 Å². The first-order valence-electron chi connectivity index (χ1n) is 10.8. The van der Waals surface area contributed by atoms with Crippen molar-refractivity contribution in [1.29, 1.82) is 0 Å². The van der Waals surface area contributed by atoms with Gasteiger partial charge in [-0.05, 0) is 53.8 Å². The number of rotatable bonds is 5. The average molecular weight is 446 g/mol. The Balaban J connectivity index is 1.65. The van der Waals surface area contributed by atoms with E-state index < -0.39 is 0 Å². The molecular weight excluding hydrogens is 418 g/mol. The highest BCUT2D eigenvalue weighted by Crippen LogP contribution is 2.25. The molecule has 0 radical (unpaired) electrons. The molecule has 0 aliphatic heterocycles. The maximum atomic E-state index is 12.8. The standard InChI is InChI=1S/C27H28ClN3O/c1-18(29-26(32)20-8-7-9-22(28)16-20)25-30-23-10-5-6-11-24(23)31(25)17-19-12-14-21(15-13-19)27(2,3)4/h5-16,18H,17H2,1-4H3,(H,29,32). The lowest BCUT2D eigenvalue weighted by Crippen LogP contribution is -2.28. The number of amides is 1. The van der Waals surface area contributed by atoms with E-state index in [1.807, 2.05) is 25.1 Å². The Hall–Kier alpha value is -3.11. The van der Waals surface area contributed by atoms with Crippen LogP contribution in [0.15, 0.2) is 72.8 Å². The van der Waals surface area contributed by atoms with Gasteiger partial charge in [0.05, 0.1) is 17.1 Å². The van der Waals surface area contributed by atoms with Crippen molar-refractivity contribution in [3.8, 4) is 0 Å². The lowest BCUT2D eigenvalue weighted by atomic mass is 9.87. The zero-order chi connectivity index (χ0) is 22.9. The van der Waals surface area contributed by atoms with Gasteiger partial charge in [-0.3, -0.25) is 4.79 Å². The molecule has 4 nitrogen and oxygen atoms in total. The molecule has 4 aromatic rings. The van der Waals surface area contributed by atoms with Crippen LogP contribution in [0, 0.1) is 0 Å². The molecule has 1 N–H and O–H groups in total. The van der Waals surface area contributed by atoms with Gasteiger partial charge in [0.1, 0.15) is 5.82 Å². The Labute approximate surface area is 194 Å². The molecule has 1 atom stereocenters. The number of carbonyl (C=O) groups excluding carboxylic acids is 1. The Morgan fingerprint density at radius 1 is 1.03 bits per heavy atom. The number of nitrogens with one attached hydrogen (secondary N) is 1. The maximum Gasteiger partial charge on any atom is 0.251 e. The van der Waals surface area contributed by atoms with Crippen molar-refractivity contribution < 1.29 is 4.79 Å². The summed E-state index contributed by atoms with van der Waals surface area (Å²) in [6.45, 7) is 9.29. The molecular formula is C27H28ClN3O. The van der Waals surface area contributed by atoms with Crippen LogP contribution >= 0.6 is 11.6 Å². The second kappa shape index (κ2) is 8.79. The van der Waals surface area contributed by atoms with E-state index in [9.17, 15) is 4.79 Å². The molecule has 32 heavy (non-hydrogen) atoms. The summed E-state index contributed by atoms with van der Waals surface area (Å²) in [6.07, 6.45) is 0. The third-order valence-corrected chi connectivity index (χ3v) is 5.90. The van der Waals surface area contributed by atoms with Crippen LogP contribution in [0.25, 0.3) is 11.0 Å². The first-order chi connectivity index (χ1) is 15.2. The highest BCUT2D eigenvalue weighted by Gasteiger charge is 2.20. The monoisotopic (exact) mass is 445 g/mol. The summed E-state index contributed by atoms with van der Waals surface area (Å²) in [5.41, 5.74) is 5.11. The van der Waals surface area contributed by atoms with Crippen LogP contribution in [0.1, 0.15) is 61.0 Å². The molecule has 0 saturated heterocycles. The van der Waals surface area contributed by atoms with E-state index in [4.69, 9.17) is 16.6 Å². The molecule has 0 spiro atoms. The van der Waals surface area contributed by atoms with E-state index >= 15 is 0 Å². The molecule has 164 valence electrons. The first-order valence-corrected chi connectivity index (χ1v) is 11.2. The number of carbonyl (C=O) groups is 1. The molecule has 0 saturated carbocycles. The predicted molar refractivity (Wildman–Crippen MR) is 131 cm³/mol. The van der Waals surface area contributed by atoms with E-state index in [0.29, 0.717) is 17.1 Å². The van der Waals surface area contributed by atoms with Crippen molar-refractivity contribution in [1.82, 2.24) is 14.9 Å². The molecule has 0 aliphatic carbocycles. The minimum atomic E-state index is -0.275. The van der Waals surface area contributed by atoms with Crippen LogP contribution in [-0.2, 0) is 12.0 Å². The zero-order valence-electron chi connectivity index (χ0n) is 18.9. The smallest absolute Gasteiger partial charge is 0.251 e. The average Bonchev–Trinajstić information content (AvgIpc) is 3.12. The Morgan fingerprint density at radius 2 is 1.75 bits per heavy atom. The van der Waals surface area contributed by atoms with Crippen molar-refractivity contribution in [3.63, 3.8) is 0 Å². The van der Waals surface area contributed by atoms with Crippen molar-refractivity contribution in [2.45, 2.75) is 45.7 Å². The summed E-state index contributed by atoms with van der Waals surface area (Å²) in [5.74, 6) is 0.648. The van der Waals surface area contributed by atoms with E-state index in [0.717, 1.165) is 16.9 Å². The molecule has 0 bridgehead atoms. The van der Waals surface area contributed by atoms with Gasteiger partial charge in [-0.1, -0.05) is 74.8 Å². The van der Waals surface area contributed by atoms with Gasteiger partial charge in [-0.2, -0.15) is 0 Å². The summed E-state index contributed by atoms with van der Waals surface area (Å²) in [4.78, 5) is 17.6. The molecule has 1 amide bonds. The van der Waals surface area contributed by atoms with E-state index in [-0.39, 0.29) is 17.4 Å². The normalized spacial score (nSPS) is 12.7. The van der Waals surface area contributed by atoms with Crippen molar-refractivity contribution >= 4 is 28.5 Å². The number of halogens is 1. The van der Waals surface area contributed by atoms with E-state index in [1.165, 1.54) is 11.1 Å². The van der Waals surface area contributed by atoms with Crippen LogP contribution in [0.3, 0.4) is 0 Å². The Bertz CT molecular complexity index is 1250. The number of nitrogens with zero attached hydrogens (tertiary/aromatic N) is 2. The fourth-order valence-corrected chi connectivity index (χ4v) is 4.05. The molecule has 0 fully saturated rings. The summed E-state index contributed by atoms with van der Waals surface area (Å²) in [5, 5.41) is 3.61. The molecule has 0 aliphatic rings. The second-order valence-corrected chi connectivity index (χ2v) is 9.63. The predicted octanol–water partition coefficient (Wildman–Crippen LogP) is 6.53.